The quantitative estimate of drug-likeness (QED) is 0.171. The maximum absolute atomic E-state index is 6.73. The van der Waals surface area contributed by atoms with Gasteiger partial charge in [-0.25, -0.2) is 0 Å². The second kappa shape index (κ2) is 16.4. The molecule has 2 aliphatic heterocycles. The Hall–Kier alpha value is -9.74. The maximum Gasteiger partial charge on any atom is 0.132 e. The lowest BCUT2D eigenvalue weighted by Crippen LogP contribution is -2.32. The van der Waals surface area contributed by atoms with Crippen LogP contribution in [0.2, 0.25) is 0 Å². The van der Waals surface area contributed by atoms with Crippen molar-refractivity contribution in [2.24, 2.45) is 0 Å². The lowest BCUT2D eigenvalue weighted by molar-refractivity contribution is 0.436. The van der Waals surface area contributed by atoms with Crippen LogP contribution in [0.5, 0.6) is 23.0 Å². The zero-order chi connectivity index (χ0) is 51.1. The van der Waals surface area contributed by atoms with E-state index in [1.54, 1.807) is 0 Å². The van der Waals surface area contributed by atoms with Crippen LogP contribution in [-0.4, -0.2) is 0 Å². The van der Waals surface area contributed by atoms with E-state index in [4.69, 9.17) is 9.47 Å². The Labute approximate surface area is 456 Å². The average Bonchev–Trinajstić information content (AvgIpc) is 4.29. The van der Waals surface area contributed by atoms with Gasteiger partial charge in [0.15, 0.2) is 0 Å². The van der Waals surface area contributed by atoms with E-state index in [0.717, 1.165) is 56.8 Å². The summed E-state index contributed by atoms with van der Waals surface area (Å²) in [5.74, 6) is 3.57. The minimum absolute atomic E-state index is 0.511. The highest BCUT2D eigenvalue weighted by Gasteiger charge is 2.53. The third-order valence-corrected chi connectivity index (χ3v) is 18.4. The van der Waals surface area contributed by atoms with Crippen LogP contribution in [0.3, 0.4) is 0 Å². The van der Waals surface area contributed by atoms with Gasteiger partial charge in [-0.1, -0.05) is 200 Å². The number of thiophene rings is 1. The molecule has 0 radical (unpaired) electrons. The molecule has 3 heterocycles. The van der Waals surface area contributed by atoms with E-state index in [1.807, 2.05) is 11.3 Å². The molecule has 17 rings (SSSR count). The fourth-order valence-electron chi connectivity index (χ4n) is 14.0. The van der Waals surface area contributed by atoms with E-state index in [1.165, 1.54) is 92.5 Å². The van der Waals surface area contributed by atoms with Gasteiger partial charge >= 0.3 is 0 Å². The molecule has 2 aliphatic carbocycles. The number of hydrogen-bond acceptors (Lipinski definition) is 4. The number of benzene rings is 12. The largest absolute Gasteiger partial charge is 0.457 e. The number of rotatable bonds is 5. The third kappa shape index (κ3) is 5.87. The summed E-state index contributed by atoms with van der Waals surface area (Å²) < 4.78 is 16.0. The van der Waals surface area contributed by atoms with Crippen molar-refractivity contribution in [3.63, 3.8) is 0 Å². The highest BCUT2D eigenvalue weighted by Crippen LogP contribution is 2.65. The standard InChI is InChI=1S/C74H45NO2S/c1-4-19-57-52(16-1)56-44-48(37-43-59(56)73(57)60-21-6-10-27-66(60)76-67-28-11-7-22-61(67)73)46-32-38-50(39-33-46)75(51-40-34-47(35-41-51)49-36-42-54-53-17-3-14-31-70(53)78-71(54)45-49)65-26-15-25-64-72(65)55-18-2-5-20-58(55)74(64)62-23-8-12-29-68(62)77-69-30-13-9-24-63(69)74/h1-45H. The topological polar surface area (TPSA) is 21.7 Å². The fraction of sp³-hybridized carbons (Fsp3) is 0.0270. The van der Waals surface area contributed by atoms with Crippen LogP contribution in [0.15, 0.2) is 273 Å². The second-order valence-electron chi connectivity index (χ2n) is 21.0. The molecule has 0 unspecified atom stereocenters. The fourth-order valence-corrected chi connectivity index (χ4v) is 15.2. The Morgan fingerprint density at radius 2 is 0.705 bits per heavy atom. The minimum atomic E-state index is -0.600. The maximum atomic E-state index is 6.73. The first-order valence-corrected chi connectivity index (χ1v) is 27.6. The summed E-state index contributed by atoms with van der Waals surface area (Å²) in [6.45, 7) is 0. The SMILES string of the molecule is c1ccc2c(c1)Oc1ccccc1C21c2ccccc2-c2cc(-c3ccc(N(c4ccc(-c5ccc6c(c5)sc5ccccc56)cc4)c4cccc5c4-c4ccccc4C54c5ccccc5Oc5ccccc54)cc3)ccc21. The Kier molecular flexibility index (Phi) is 9.14. The van der Waals surface area contributed by atoms with Crippen LogP contribution in [0.25, 0.3) is 64.7 Å². The normalized spacial score (nSPS) is 14.1. The third-order valence-electron chi connectivity index (χ3n) is 17.2. The zero-order valence-corrected chi connectivity index (χ0v) is 43.0. The van der Waals surface area contributed by atoms with Crippen molar-refractivity contribution in [1.82, 2.24) is 0 Å². The minimum Gasteiger partial charge on any atom is -0.457 e. The van der Waals surface area contributed by atoms with Crippen LogP contribution in [0.4, 0.5) is 17.1 Å². The summed E-state index contributed by atoms with van der Waals surface area (Å²) in [6.07, 6.45) is 0. The van der Waals surface area contributed by atoms with Gasteiger partial charge < -0.3 is 14.4 Å². The average molecular weight is 1010 g/mol. The number of fused-ring (bicyclic) bond motifs is 21. The molecular formula is C74H45NO2S. The summed E-state index contributed by atoms with van der Waals surface area (Å²) >= 11 is 1.86. The smallest absolute Gasteiger partial charge is 0.132 e. The van der Waals surface area contributed by atoms with Gasteiger partial charge in [-0.3, -0.25) is 0 Å². The van der Waals surface area contributed by atoms with Gasteiger partial charge in [-0.2, -0.15) is 0 Å². The first-order valence-electron chi connectivity index (χ1n) is 26.8. The van der Waals surface area contributed by atoms with Crippen molar-refractivity contribution >= 4 is 48.6 Å². The van der Waals surface area contributed by atoms with E-state index >= 15 is 0 Å². The van der Waals surface area contributed by atoms with Gasteiger partial charge in [-0.05, 0) is 134 Å². The molecule has 4 heteroatoms. The Morgan fingerprint density at radius 1 is 0.282 bits per heavy atom. The lowest BCUT2D eigenvalue weighted by Gasteiger charge is -2.39. The first-order chi connectivity index (χ1) is 38.7. The Morgan fingerprint density at radius 3 is 1.31 bits per heavy atom. The summed E-state index contributed by atoms with van der Waals surface area (Å²) in [5, 5.41) is 2.62. The summed E-state index contributed by atoms with van der Waals surface area (Å²) in [5.41, 5.74) is 21.5. The molecule has 1 aromatic heterocycles. The van der Waals surface area contributed by atoms with Crippen LogP contribution in [-0.2, 0) is 10.8 Å². The van der Waals surface area contributed by atoms with Gasteiger partial charge in [0.1, 0.15) is 23.0 Å². The van der Waals surface area contributed by atoms with Gasteiger partial charge in [0, 0.05) is 59.4 Å². The number of nitrogens with zero attached hydrogens (tertiary/aromatic N) is 1. The molecule has 13 aromatic rings. The molecule has 0 atom stereocenters. The van der Waals surface area contributed by atoms with Crippen molar-refractivity contribution in [2.45, 2.75) is 10.8 Å². The number of hydrogen-bond donors (Lipinski definition) is 0. The highest BCUT2D eigenvalue weighted by atomic mass is 32.1. The molecule has 0 fully saturated rings. The van der Waals surface area contributed by atoms with E-state index in [-0.39, 0.29) is 0 Å². The van der Waals surface area contributed by atoms with Gasteiger partial charge in [0.25, 0.3) is 0 Å². The van der Waals surface area contributed by atoms with Crippen molar-refractivity contribution in [1.29, 1.82) is 0 Å². The van der Waals surface area contributed by atoms with Crippen molar-refractivity contribution < 1.29 is 9.47 Å². The summed E-state index contributed by atoms with van der Waals surface area (Å²) in [6, 6.07) is 100. The van der Waals surface area contributed by atoms with Gasteiger partial charge in [-0.15, -0.1) is 11.3 Å². The van der Waals surface area contributed by atoms with Crippen LogP contribution in [0, 0.1) is 0 Å². The summed E-state index contributed by atoms with van der Waals surface area (Å²) in [7, 11) is 0. The molecule has 364 valence electrons. The van der Waals surface area contributed by atoms with E-state index < -0.39 is 10.8 Å². The monoisotopic (exact) mass is 1010 g/mol. The van der Waals surface area contributed by atoms with Gasteiger partial charge in [0.05, 0.1) is 16.5 Å². The van der Waals surface area contributed by atoms with Crippen LogP contribution in [0.1, 0.15) is 44.5 Å². The van der Waals surface area contributed by atoms with E-state index in [9.17, 15) is 0 Å². The summed E-state index contributed by atoms with van der Waals surface area (Å²) in [4.78, 5) is 2.47. The molecule has 0 bridgehead atoms. The molecule has 0 N–H and O–H groups in total. The predicted octanol–water partition coefficient (Wildman–Crippen LogP) is 19.8. The predicted molar refractivity (Wildman–Crippen MR) is 320 cm³/mol. The van der Waals surface area contributed by atoms with Crippen LogP contribution >= 0.6 is 11.3 Å². The van der Waals surface area contributed by atoms with Gasteiger partial charge in [0.2, 0.25) is 0 Å². The van der Waals surface area contributed by atoms with Crippen LogP contribution < -0.4 is 14.4 Å². The van der Waals surface area contributed by atoms with E-state index in [0.29, 0.717) is 0 Å². The van der Waals surface area contributed by atoms with E-state index in [2.05, 4.69) is 278 Å². The number of ether oxygens (including phenoxy) is 2. The Balaban J connectivity index is 0.832. The molecule has 0 amide bonds. The molecule has 78 heavy (non-hydrogen) atoms. The zero-order valence-electron chi connectivity index (χ0n) is 42.2. The van der Waals surface area contributed by atoms with Crippen molar-refractivity contribution in [3.05, 3.63) is 317 Å². The molecule has 0 saturated carbocycles. The first kappa shape index (κ1) is 43.5. The molecule has 0 saturated heterocycles. The van der Waals surface area contributed by atoms with Crippen molar-refractivity contribution in [3.8, 4) is 67.5 Å². The lowest BCUT2D eigenvalue weighted by atomic mass is 9.66. The number of anilines is 3. The second-order valence-corrected chi connectivity index (χ2v) is 22.1. The molecule has 12 aromatic carbocycles. The van der Waals surface area contributed by atoms with Crippen molar-refractivity contribution in [2.75, 3.05) is 4.90 Å². The molecule has 2 spiro atoms. The molecule has 3 nitrogen and oxygen atoms in total. The number of para-hydroxylation sites is 4. The Bertz CT molecular complexity index is 4550. The molecular weight excluding hydrogens is 967 g/mol. The molecule has 4 aliphatic rings. The highest BCUT2D eigenvalue weighted by molar-refractivity contribution is 7.25.